The van der Waals surface area contributed by atoms with Gasteiger partial charge in [0.25, 0.3) is 0 Å². The van der Waals surface area contributed by atoms with Gasteiger partial charge >= 0.3 is 0 Å². The topological polar surface area (TPSA) is 37.3 Å². The minimum atomic E-state index is -0.220. The second-order valence-corrected chi connectivity index (χ2v) is 5.21. The Hall–Kier alpha value is -1.80. The number of benzene rings is 2. The number of hydrogen-bond donors (Lipinski definition) is 1. The maximum absolute atomic E-state index is 12.4. The van der Waals surface area contributed by atoms with Crippen LogP contribution in [0.15, 0.2) is 42.5 Å². The highest BCUT2D eigenvalue weighted by molar-refractivity contribution is 6.31. The van der Waals surface area contributed by atoms with Crippen molar-refractivity contribution in [2.75, 3.05) is 0 Å². The van der Waals surface area contributed by atoms with Crippen LogP contribution in [0.1, 0.15) is 41.3 Å². The van der Waals surface area contributed by atoms with Gasteiger partial charge in [-0.2, -0.15) is 0 Å². The first-order valence-corrected chi connectivity index (χ1v) is 6.50. The first kappa shape index (κ1) is 13.6. The Labute approximate surface area is 117 Å². The predicted molar refractivity (Wildman–Crippen MR) is 77.1 cm³/mol. The van der Waals surface area contributed by atoms with Gasteiger partial charge < -0.3 is 5.11 Å². The summed E-state index contributed by atoms with van der Waals surface area (Å²) in [5.41, 5.74) is 1.81. The summed E-state index contributed by atoms with van der Waals surface area (Å²) in [6, 6.07) is 11.9. The van der Waals surface area contributed by atoms with Crippen LogP contribution < -0.4 is 0 Å². The van der Waals surface area contributed by atoms with Gasteiger partial charge in [-0.3, -0.25) is 4.79 Å². The maximum Gasteiger partial charge on any atom is 0.196 e. The fraction of sp³-hybridized carbons (Fsp3) is 0.188. The zero-order chi connectivity index (χ0) is 14.0. The molecule has 0 atom stereocenters. The van der Waals surface area contributed by atoms with Crippen molar-refractivity contribution in [1.82, 2.24) is 0 Å². The molecular weight excluding hydrogens is 260 g/mol. The van der Waals surface area contributed by atoms with Crippen LogP contribution in [-0.2, 0) is 0 Å². The summed E-state index contributed by atoms with van der Waals surface area (Å²) in [7, 11) is 0. The van der Waals surface area contributed by atoms with Gasteiger partial charge in [-0.15, -0.1) is 0 Å². The number of aromatic hydroxyl groups is 1. The summed E-state index contributed by atoms with van der Waals surface area (Å²) >= 11 is 5.88. The van der Waals surface area contributed by atoms with Crippen LogP contribution in [0, 0.1) is 0 Å². The van der Waals surface area contributed by atoms with E-state index in [1.807, 2.05) is 19.9 Å². The van der Waals surface area contributed by atoms with Crippen molar-refractivity contribution in [3.05, 3.63) is 64.2 Å². The van der Waals surface area contributed by atoms with E-state index in [-0.39, 0.29) is 11.5 Å². The Morgan fingerprint density at radius 1 is 1.16 bits per heavy atom. The monoisotopic (exact) mass is 274 g/mol. The lowest BCUT2D eigenvalue weighted by molar-refractivity contribution is 0.103. The van der Waals surface area contributed by atoms with Gasteiger partial charge in [-0.05, 0) is 35.7 Å². The van der Waals surface area contributed by atoms with Gasteiger partial charge in [0.05, 0.1) is 5.56 Å². The van der Waals surface area contributed by atoms with E-state index in [9.17, 15) is 9.90 Å². The number of carbonyl (C=O) groups excluding carboxylic acids is 1. The summed E-state index contributed by atoms with van der Waals surface area (Å²) < 4.78 is 0. The molecule has 0 spiro atoms. The third-order valence-electron chi connectivity index (χ3n) is 3.02. The van der Waals surface area contributed by atoms with E-state index in [4.69, 9.17) is 11.6 Å². The van der Waals surface area contributed by atoms with Crippen LogP contribution in [-0.4, -0.2) is 10.9 Å². The maximum atomic E-state index is 12.4. The number of carbonyl (C=O) groups is 1. The molecule has 0 fully saturated rings. The van der Waals surface area contributed by atoms with Gasteiger partial charge in [-0.1, -0.05) is 43.6 Å². The molecule has 98 valence electrons. The highest BCUT2D eigenvalue weighted by Gasteiger charge is 2.15. The van der Waals surface area contributed by atoms with Crippen molar-refractivity contribution < 1.29 is 9.90 Å². The van der Waals surface area contributed by atoms with Gasteiger partial charge in [0.1, 0.15) is 5.75 Å². The number of ketones is 1. The highest BCUT2D eigenvalue weighted by Crippen LogP contribution is 2.26. The highest BCUT2D eigenvalue weighted by atomic mass is 35.5. The molecular formula is C16H15ClO2. The zero-order valence-corrected chi connectivity index (χ0v) is 11.6. The average molecular weight is 275 g/mol. The molecule has 0 saturated carbocycles. The largest absolute Gasteiger partial charge is 0.507 e. The van der Waals surface area contributed by atoms with Gasteiger partial charge in [0, 0.05) is 10.6 Å². The average Bonchev–Trinajstić information content (AvgIpc) is 2.38. The van der Waals surface area contributed by atoms with Crippen molar-refractivity contribution in [3.8, 4) is 5.75 Å². The second kappa shape index (κ2) is 5.45. The number of phenolic OH excluding ortho intramolecular Hbond substituents is 1. The van der Waals surface area contributed by atoms with Crippen molar-refractivity contribution >= 4 is 17.4 Å². The first-order chi connectivity index (χ1) is 8.99. The smallest absolute Gasteiger partial charge is 0.196 e. The van der Waals surface area contributed by atoms with Crippen molar-refractivity contribution in [1.29, 1.82) is 0 Å². The number of phenols is 1. The van der Waals surface area contributed by atoms with Gasteiger partial charge in [0.2, 0.25) is 0 Å². The summed E-state index contributed by atoms with van der Waals surface area (Å²) in [5.74, 6) is 0.0726. The van der Waals surface area contributed by atoms with E-state index in [2.05, 4.69) is 0 Å². The zero-order valence-electron chi connectivity index (χ0n) is 10.9. The van der Waals surface area contributed by atoms with Crippen molar-refractivity contribution in [3.63, 3.8) is 0 Å². The molecule has 2 aromatic carbocycles. The lowest BCUT2D eigenvalue weighted by Crippen LogP contribution is -2.03. The summed E-state index contributed by atoms with van der Waals surface area (Å²) in [4.78, 5) is 12.4. The Kier molecular flexibility index (Phi) is 3.91. The molecule has 0 amide bonds. The normalized spacial score (nSPS) is 10.7. The van der Waals surface area contributed by atoms with E-state index < -0.39 is 0 Å². The van der Waals surface area contributed by atoms with Gasteiger partial charge in [-0.25, -0.2) is 0 Å². The molecule has 0 saturated heterocycles. The van der Waals surface area contributed by atoms with Crippen LogP contribution in [0.4, 0.5) is 0 Å². The van der Waals surface area contributed by atoms with E-state index in [0.29, 0.717) is 22.1 Å². The second-order valence-electron chi connectivity index (χ2n) is 4.77. The van der Waals surface area contributed by atoms with Crippen LogP contribution in [0.5, 0.6) is 5.75 Å². The quantitative estimate of drug-likeness (QED) is 0.842. The summed E-state index contributed by atoms with van der Waals surface area (Å²) in [6.45, 7) is 4.08. The Bertz CT molecular complexity index is 618. The Balaban J connectivity index is 2.46. The van der Waals surface area contributed by atoms with Crippen LogP contribution in [0.25, 0.3) is 0 Å². The minimum absolute atomic E-state index is 0.00521. The molecule has 2 aromatic rings. The van der Waals surface area contributed by atoms with Crippen molar-refractivity contribution in [2.24, 2.45) is 0 Å². The third kappa shape index (κ3) is 2.96. The molecule has 19 heavy (non-hydrogen) atoms. The standard InChI is InChI=1S/C16H15ClO2/c1-10(2)11-6-7-15(18)14(9-11)16(19)12-4-3-5-13(17)8-12/h3-10,18H,1-2H3. The first-order valence-electron chi connectivity index (χ1n) is 6.12. The molecule has 0 aliphatic carbocycles. The van der Waals surface area contributed by atoms with Crippen molar-refractivity contribution in [2.45, 2.75) is 19.8 Å². The SMILES string of the molecule is CC(C)c1ccc(O)c(C(=O)c2cccc(Cl)c2)c1. The molecule has 0 unspecified atom stereocenters. The third-order valence-corrected chi connectivity index (χ3v) is 3.25. The van der Waals surface area contributed by atoms with E-state index >= 15 is 0 Å². The molecule has 0 heterocycles. The molecule has 0 aliphatic heterocycles. The Morgan fingerprint density at radius 3 is 2.53 bits per heavy atom. The lowest BCUT2D eigenvalue weighted by Gasteiger charge is -2.09. The molecule has 0 radical (unpaired) electrons. The van der Waals surface area contributed by atoms with E-state index in [0.717, 1.165) is 5.56 Å². The van der Waals surface area contributed by atoms with Crippen LogP contribution in [0.2, 0.25) is 5.02 Å². The minimum Gasteiger partial charge on any atom is -0.507 e. The number of halogens is 1. The molecule has 3 heteroatoms. The van der Waals surface area contributed by atoms with Crippen LogP contribution >= 0.6 is 11.6 Å². The van der Waals surface area contributed by atoms with E-state index in [1.165, 1.54) is 0 Å². The molecule has 2 nitrogen and oxygen atoms in total. The van der Waals surface area contributed by atoms with E-state index in [1.54, 1.807) is 36.4 Å². The summed E-state index contributed by atoms with van der Waals surface area (Å²) in [5, 5.41) is 10.4. The summed E-state index contributed by atoms with van der Waals surface area (Å²) in [6.07, 6.45) is 0. The Morgan fingerprint density at radius 2 is 1.89 bits per heavy atom. The number of hydrogen-bond acceptors (Lipinski definition) is 2. The molecule has 0 bridgehead atoms. The molecule has 0 aliphatic rings. The predicted octanol–water partition coefficient (Wildman–Crippen LogP) is 4.40. The van der Waals surface area contributed by atoms with Gasteiger partial charge in [0.15, 0.2) is 5.78 Å². The van der Waals surface area contributed by atoms with Crippen LogP contribution in [0.3, 0.4) is 0 Å². The molecule has 0 aromatic heterocycles. The fourth-order valence-corrected chi connectivity index (χ4v) is 2.07. The molecule has 2 rings (SSSR count). The fourth-order valence-electron chi connectivity index (χ4n) is 1.88. The lowest BCUT2D eigenvalue weighted by atomic mass is 9.96. The molecule has 1 N–H and O–H groups in total. The number of rotatable bonds is 3.